The molecule has 0 bridgehead atoms. The van der Waals surface area contributed by atoms with Crippen LogP contribution in [0.25, 0.3) is 15.7 Å². The minimum atomic E-state index is -0.0884. The van der Waals surface area contributed by atoms with Crippen molar-refractivity contribution in [2.45, 2.75) is 51.0 Å². The highest BCUT2D eigenvalue weighted by atomic mass is 14.8. The molecule has 1 N–H and O–H groups in total. The van der Waals surface area contributed by atoms with Gasteiger partial charge < -0.3 is 9.83 Å². The van der Waals surface area contributed by atoms with E-state index in [1.54, 1.807) is 0 Å². The number of rotatable bonds is 1. The Bertz CT molecular complexity index is 835. The first-order chi connectivity index (χ1) is 10.9. The van der Waals surface area contributed by atoms with E-state index in [1.165, 1.54) is 22.0 Å². The Hall–Kier alpha value is -2.01. The summed E-state index contributed by atoms with van der Waals surface area (Å²) in [6.45, 7) is 18.9. The van der Waals surface area contributed by atoms with E-state index in [-0.39, 0.29) is 16.9 Å². The molecule has 0 amide bonds. The zero-order chi connectivity index (χ0) is 16.4. The van der Waals surface area contributed by atoms with Crippen molar-refractivity contribution in [3.05, 3.63) is 59.6 Å². The van der Waals surface area contributed by atoms with Gasteiger partial charge in [0.1, 0.15) is 0 Å². The van der Waals surface area contributed by atoms with E-state index in [1.807, 2.05) is 6.08 Å². The molecule has 4 atom stereocenters. The minimum absolute atomic E-state index is 0.0228. The number of nitrogens with one attached hydrogen (secondary N) is 1. The van der Waals surface area contributed by atoms with Crippen molar-refractivity contribution in [1.82, 2.24) is 4.98 Å². The lowest BCUT2D eigenvalue weighted by atomic mass is 9.51. The fourth-order valence-corrected chi connectivity index (χ4v) is 5.28. The van der Waals surface area contributed by atoms with E-state index in [0.717, 1.165) is 12.8 Å². The SMILES string of the molecule is [C-]#[N+][C@@H]1[C@H]2c3c[nH]c4cccc(c34)C(C)(C)[C@@H]2CC[C@]1(C)C=C. The number of hydrogen-bond donors (Lipinski definition) is 1. The summed E-state index contributed by atoms with van der Waals surface area (Å²) >= 11 is 0. The van der Waals surface area contributed by atoms with Crippen LogP contribution in [0.4, 0.5) is 0 Å². The average molecular weight is 304 g/mol. The molecule has 0 aliphatic heterocycles. The largest absolute Gasteiger partial charge is 0.361 e. The molecule has 1 aromatic heterocycles. The molecule has 2 aliphatic carbocycles. The van der Waals surface area contributed by atoms with Gasteiger partial charge in [0, 0.05) is 17.1 Å². The van der Waals surface area contributed by atoms with Crippen LogP contribution in [-0.2, 0) is 5.41 Å². The molecule has 1 heterocycles. The summed E-state index contributed by atoms with van der Waals surface area (Å²) in [7, 11) is 0. The van der Waals surface area contributed by atoms with E-state index in [2.05, 4.69) is 61.6 Å². The van der Waals surface area contributed by atoms with Crippen LogP contribution in [0.2, 0.25) is 0 Å². The smallest absolute Gasteiger partial charge is 0.239 e. The van der Waals surface area contributed by atoms with E-state index >= 15 is 0 Å². The summed E-state index contributed by atoms with van der Waals surface area (Å²) in [5.41, 5.74) is 4.02. The van der Waals surface area contributed by atoms with E-state index in [4.69, 9.17) is 6.57 Å². The number of benzene rings is 1. The third-order valence-electron chi connectivity index (χ3n) is 6.77. The highest BCUT2D eigenvalue weighted by Crippen LogP contribution is 2.59. The maximum absolute atomic E-state index is 7.90. The van der Waals surface area contributed by atoms with Gasteiger partial charge in [-0.2, -0.15) is 0 Å². The third kappa shape index (κ3) is 1.68. The summed E-state index contributed by atoms with van der Waals surface area (Å²) in [6.07, 6.45) is 6.41. The second kappa shape index (κ2) is 4.51. The zero-order valence-electron chi connectivity index (χ0n) is 14.2. The first-order valence-corrected chi connectivity index (χ1v) is 8.54. The quantitative estimate of drug-likeness (QED) is 0.535. The standard InChI is InChI=1S/C21H24N2/c1-6-21(4)11-10-15-18(19(21)22-5)13-12-23-16-9-7-8-14(17(13)16)20(15,2)3/h6-9,12,15,18-19,23H,1,10-11H2,2-4H3/t15-,18+,19-,21+/m1/s1. The molecule has 1 aromatic carbocycles. The first kappa shape index (κ1) is 14.6. The number of hydrogen-bond acceptors (Lipinski definition) is 0. The molecule has 0 unspecified atom stereocenters. The molecule has 23 heavy (non-hydrogen) atoms. The molecule has 0 saturated heterocycles. The topological polar surface area (TPSA) is 20.1 Å². The number of nitrogens with zero attached hydrogens (tertiary/aromatic N) is 1. The van der Waals surface area contributed by atoms with Crippen molar-refractivity contribution in [3.63, 3.8) is 0 Å². The first-order valence-electron chi connectivity index (χ1n) is 8.54. The Morgan fingerprint density at radius 2 is 2.13 bits per heavy atom. The molecule has 2 nitrogen and oxygen atoms in total. The van der Waals surface area contributed by atoms with Gasteiger partial charge in [0.05, 0.1) is 11.3 Å². The maximum Gasteiger partial charge on any atom is 0.239 e. The molecular weight excluding hydrogens is 280 g/mol. The van der Waals surface area contributed by atoms with Gasteiger partial charge in [-0.15, -0.1) is 6.58 Å². The van der Waals surface area contributed by atoms with Crippen LogP contribution in [0, 0.1) is 17.9 Å². The maximum atomic E-state index is 7.90. The number of aromatic nitrogens is 1. The summed E-state index contributed by atoms with van der Waals surface area (Å²) in [5, 5.41) is 1.36. The lowest BCUT2D eigenvalue weighted by Crippen LogP contribution is -2.49. The third-order valence-corrected chi connectivity index (χ3v) is 6.77. The average Bonchev–Trinajstić information content (AvgIpc) is 2.97. The fraction of sp³-hybridized carbons (Fsp3) is 0.476. The van der Waals surface area contributed by atoms with Gasteiger partial charge in [-0.25, -0.2) is 6.57 Å². The molecule has 4 rings (SSSR count). The molecule has 1 fully saturated rings. The summed E-state index contributed by atoms with van der Waals surface area (Å²) in [4.78, 5) is 7.58. The molecule has 118 valence electrons. The summed E-state index contributed by atoms with van der Waals surface area (Å²) in [5.74, 6) is 0.812. The van der Waals surface area contributed by atoms with Crippen LogP contribution >= 0.6 is 0 Å². The van der Waals surface area contributed by atoms with Crippen molar-refractivity contribution in [1.29, 1.82) is 0 Å². The highest BCUT2D eigenvalue weighted by molar-refractivity contribution is 5.89. The lowest BCUT2D eigenvalue weighted by Gasteiger charge is -2.50. The predicted octanol–water partition coefficient (Wildman–Crippen LogP) is 5.43. The van der Waals surface area contributed by atoms with Gasteiger partial charge in [0.25, 0.3) is 0 Å². The molecule has 1 saturated carbocycles. The number of aromatic amines is 1. The van der Waals surface area contributed by atoms with Crippen molar-refractivity contribution in [3.8, 4) is 0 Å². The van der Waals surface area contributed by atoms with Crippen LogP contribution in [0.15, 0.2) is 37.1 Å². The fourth-order valence-electron chi connectivity index (χ4n) is 5.28. The Labute approximate surface area is 138 Å². The normalized spacial score (nSPS) is 34.6. The van der Waals surface area contributed by atoms with Crippen molar-refractivity contribution >= 4 is 10.9 Å². The van der Waals surface area contributed by atoms with E-state index in [9.17, 15) is 0 Å². The molecule has 0 radical (unpaired) electrons. The Balaban J connectivity index is 2.02. The van der Waals surface area contributed by atoms with Gasteiger partial charge in [0.2, 0.25) is 6.04 Å². The molecular formula is C21H24N2. The Morgan fingerprint density at radius 3 is 2.83 bits per heavy atom. The Morgan fingerprint density at radius 1 is 1.35 bits per heavy atom. The van der Waals surface area contributed by atoms with E-state index in [0.29, 0.717) is 11.8 Å². The molecule has 0 spiro atoms. The minimum Gasteiger partial charge on any atom is -0.361 e. The monoisotopic (exact) mass is 304 g/mol. The van der Waals surface area contributed by atoms with Crippen LogP contribution in [0.5, 0.6) is 0 Å². The van der Waals surface area contributed by atoms with Crippen LogP contribution in [0.3, 0.4) is 0 Å². The molecule has 2 heteroatoms. The second-order valence-electron chi connectivity index (χ2n) is 8.15. The molecule has 2 aromatic rings. The van der Waals surface area contributed by atoms with Crippen LogP contribution in [0.1, 0.15) is 50.7 Å². The van der Waals surface area contributed by atoms with Gasteiger partial charge in [-0.1, -0.05) is 32.1 Å². The van der Waals surface area contributed by atoms with Gasteiger partial charge in [0.15, 0.2) is 0 Å². The lowest BCUT2D eigenvalue weighted by molar-refractivity contribution is 0.119. The van der Waals surface area contributed by atoms with Gasteiger partial charge in [-0.05, 0) is 48.3 Å². The zero-order valence-corrected chi connectivity index (χ0v) is 14.2. The van der Waals surface area contributed by atoms with Crippen LogP contribution in [-0.4, -0.2) is 11.0 Å². The van der Waals surface area contributed by atoms with Crippen molar-refractivity contribution in [2.75, 3.05) is 0 Å². The molecule has 2 aliphatic rings. The van der Waals surface area contributed by atoms with Gasteiger partial charge >= 0.3 is 0 Å². The summed E-state index contributed by atoms with van der Waals surface area (Å²) < 4.78 is 0. The highest BCUT2D eigenvalue weighted by Gasteiger charge is 2.57. The number of H-pyrrole nitrogens is 1. The Kier molecular flexibility index (Phi) is 2.86. The predicted molar refractivity (Wildman–Crippen MR) is 95.5 cm³/mol. The number of fused-ring (bicyclic) bond motifs is 2. The van der Waals surface area contributed by atoms with Crippen molar-refractivity contribution < 1.29 is 0 Å². The summed E-state index contributed by atoms with van der Waals surface area (Å²) in [6, 6.07) is 6.57. The van der Waals surface area contributed by atoms with Crippen LogP contribution < -0.4 is 0 Å². The second-order valence-corrected chi connectivity index (χ2v) is 8.15. The van der Waals surface area contributed by atoms with Gasteiger partial charge in [-0.3, -0.25) is 0 Å². The van der Waals surface area contributed by atoms with E-state index < -0.39 is 0 Å². The van der Waals surface area contributed by atoms with Crippen molar-refractivity contribution in [2.24, 2.45) is 11.3 Å².